The Morgan fingerprint density at radius 1 is 1.22 bits per heavy atom. The molecule has 1 aliphatic rings. The van der Waals surface area contributed by atoms with Crippen LogP contribution in [0.4, 0.5) is 22.0 Å². The lowest BCUT2D eigenvalue weighted by Gasteiger charge is -2.13. The largest absolute Gasteiger partial charge is 0.344 e. The van der Waals surface area contributed by atoms with Crippen LogP contribution in [-0.4, -0.2) is 28.9 Å². The molecular formula is C12H8F5N3O2S. The number of rotatable bonds is 3. The molecule has 0 saturated carbocycles. The van der Waals surface area contributed by atoms with Gasteiger partial charge in [-0.05, 0) is 12.1 Å². The van der Waals surface area contributed by atoms with Gasteiger partial charge in [0.05, 0.1) is 6.04 Å². The zero-order chi connectivity index (χ0) is 16.9. The Morgan fingerprint density at radius 3 is 2.39 bits per heavy atom. The van der Waals surface area contributed by atoms with Crippen molar-refractivity contribution in [3.05, 3.63) is 41.2 Å². The zero-order valence-electron chi connectivity index (χ0n) is 11.1. The average molecular weight is 353 g/mol. The van der Waals surface area contributed by atoms with Crippen LogP contribution < -0.4 is 0 Å². The first-order valence-electron chi connectivity index (χ1n) is 6.30. The standard InChI is InChI=1S/C12H8F5N3O2S/c13-5-2-1-3-6(14)9(5)8-4-7(15)10-18-12(19-20(8)10)23(21,22)11(16)17/h1-3,7-8,11H,4H2/t7-,8-/m0/s1. The van der Waals surface area contributed by atoms with Crippen molar-refractivity contribution in [2.24, 2.45) is 0 Å². The summed E-state index contributed by atoms with van der Waals surface area (Å²) in [6.07, 6.45) is -2.31. The highest BCUT2D eigenvalue weighted by atomic mass is 32.2. The van der Waals surface area contributed by atoms with E-state index in [-0.39, 0.29) is 0 Å². The van der Waals surface area contributed by atoms with E-state index in [0.717, 1.165) is 18.2 Å². The molecule has 0 bridgehead atoms. The molecule has 0 unspecified atom stereocenters. The normalized spacial score (nSPS) is 21.0. The minimum Gasteiger partial charge on any atom is -0.239 e. The summed E-state index contributed by atoms with van der Waals surface area (Å²) < 4.78 is 90.0. The number of hydrogen-bond donors (Lipinski definition) is 0. The molecule has 11 heteroatoms. The van der Waals surface area contributed by atoms with Crippen LogP contribution in [0, 0.1) is 11.6 Å². The van der Waals surface area contributed by atoms with Gasteiger partial charge >= 0.3 is 5.76 Å². The molecule has 1 aromatic heterocycles. The highest BCUT2D eigenvalue weighted by Crippen LogP contribution is 2.41. The van der Waals surface area contributed by atoms with Crippen molar-refractivity contribution in [1.29, 1.82) is 0 Å². The number of halogens is 5. The second-order valence-corrected chi connectivity index (χ2v) is 6.67. The molecule has 5 nitrogen and oxygen atoms in total. The van der Waals surface area contributed by atoms with Gasteiger partial charge in [-0.25, -0.2) is 26.3 Å². The lowest BCUT2D eigenvalue weighted by molar-refractivity contribution is 0.233. The van der Waals surface area contributed by atoms with Crippen molar-refractivity contribution in [1.82, 2.24) is 14.8 Å². The van der Waals surface area contributed by atoms with E-state index in [2.05, 4.69) is 10.1 Å². The highest BCUT2D eigenvalue weighted by Gasteiger charge is 2.41. The van der Waals surface area contributed by atoms with Crippen LogP contribution in [-0.2, 0) is 9.84 Å². The summed E-state index contributed by atoms with van der Waals surface area (Å²) in [5, 5.41) is 2.07. The first kappa shape index (κ1) is 15.8. The molecule has 1 aliphatic heterocycles. The molecule has 0 radical (unpaired) electrons. The van der Waals surface area contributed by atoms with E-state index >= 15 is 0 Å². The SMILES string of the molecule is O=S(=O)(c1nc2n(n1)[C@H](c1c(F)cccc1F)C[C@@H]2F)C(F)F. The van der Waals surface area contributed by atoms with Crippen molar-refractivity contribution in [2.75, 3.05) is 0 Å². The molecule has 2 heterocycles. The lowest BCUT2D eigenvalue weighted by Crippen LogP contribution is -2.16. The predicted molar refractivity (Wildman–Crippen MR) is 66.2 cm³/mol. The summed E-state index contributed by atoms with van der Waals surface area (Å²) in [4.78, 5) is 3.26. The van der Waals surface area contributed by atoms with E-state index < -0.39 is 62.4 Å². The maximum Gasteiger partial charge on any atom is 0.344 e. The Labute approximate surface area is 126 Å². The summed E-state index contributed by atoms with van der Waals surface area (Å²) in [5.74, 6) is -6.31. The van der Waals surface area contributed by atoms with Gasteiger partial charge in [-0.1, -0.05) is 6.07 Å². The Bertz CT molecular complexity index is 847. The smallest absolute Gasteiger partial charge is 0.239 e. The molecule has 1 aromatic carbocycles. The van der Waals surface area contributed by atoms with E-state index in [0.29, 0.717) is 4.68 Å². The van der Waals surface area contributed by atoms with Crippen molar-refractivity contribution < 1.29 is 30.4 Å². The quantitative estimate of drug-likeness (QED) is 0.796. The molecule has 23 heavy (non-hydrogen) atoms. The molecule has 2 atom stereocenters. The first-order valence-corrected chi connectivity index (χ1v) is 7.84. The first-order chi connectivity index (χ1) is 10.7. The van der Waals surface area contributed by atoms with Gasteiger partial charge in [-0.2, -0.15) is 13.8 Å². The Hall–Kier alpha value is -2.04. The lowest BCUT2D eigenvalue weighted by atomic mass is 10.0. The second kappa shape index (κ2) is 5.25. The number of benzene rings is 1. The van der Waals surface area contributed by atoms with Gasteiger partial charge in [-0.15, -0.1) is 5.10 Å². The third kappa shape index (κ3) is 2.38. The fraction of sp³-hybridized carbons (Fsp3) is 0.333. The van der Waals surface area contributed by atoms with Crippen LogP contribution in [0.5, 0.6) is 0 Å². The number of nitrogens with zero attached hydrogens (tertiary/aromatic N) is 3. The average Bonchev–Trinajstić information content (AvgIpc) is 3.01. The summed E-state index contributed by atoms with van der Waals surface area (Å²) in [6.45, 7) is 0. The second-order valence-electron chi connectivity index (χ2n) is 4.86. The molecule has 124 valence electrons. The van der Waals surface area contributed by atoms with Crippen LogP contribution in [0.1, 0.15) is 30.0 Å². The maximum atomic E-state index is 14.0. The summed E-state index contributed by atoms with van der Waals surface area (Å²) >= 11 is 0. The Balaban J connectivity index is 2.13. The molecule has 0 saturated heterocycles. The molecule has 3 rings (SSSR count). The van der Waals surface area contributed by atoms with E-state index in [1.807, 2.05) is 0 Å². The van der Waals surface area contributed by atoms with E-state index in [9.17, 15) is 30.4 Å². The van der Waals surface area contributed by atoms with E-state index in [1.165, 1.54) is 0 Å². The fourth-order valence-electron chi connectivity index (χ4n) is 2.43. The minimum absolute atomic E-state index is 0.428. The fourth-order valence-corrected chi connectivity index (χ4v) is 3.01. The summed E-state index contributed by atoms with van der Waals surface area (Å²) in [7, 11) is -5.13. The topological polar surface area (TPSA) is 64.8 Å². The zero-order valence-corrected chi connectivity index (χ0v) is 11.9. The van der Waals surface area contributed by atoms with Crippen LogP contribution in [0.2, 0.25) is 0 Å². The number of alkyl halides is 3. The monoisotopic (exact) mass is 353 g/mol. The van der Waals surface area contributed by atoms with Crippen molar-refractivity contribution in [3.63, 3.8) is 0 Å². The third-order valence-electron chi connectivity index (χ3n) is 3.47. The summed E-state index contributed by atoms with van der Waals surface area (Å²) in [5.41, 5.74) is -0.528. The molecule has 0 aliphatic carbocycles. The predicted octanol–water partition coefficient (Wildman–Crippen LogP) is 2.56. The van der Waals surface area contributed by atoms with Crippen molar-refractivity contribution in [3.8, 4) is 0 Å². The van der Waals surface area contributed by atoms with Gasteiger partial charge in [-0.3, -0.25) is 0 Å². The van der Waals surface area contributed by atoms with Gasteiger partial charge < -0.3 is 0 Å². The highest BCUT2D eigenvalue weighted by molar-refractivity contribution is 7.91. The minimum atomic E-state index is -5.13. The molecule has 0 spiro atoms. The summed E-state index contributed by atoms with van der Waals surface area (Å²) in [6, 6.07) is 1.68. The Kier molecular flexibility index (Phi) is 3.62. The van der Waals surface area contributed by atoms with Crippen LogP contribution in [0.15, 0.2) is 23.4 Å². The van der Waals surface area contributed by atoms with Gasteiger partial charge in [0.1, 0.15) is 11.6 Å². The number of fused-ring (bicyclic) bond motifs is 1. The molecule has 0 N–H and O–H groups in total. The van der Waals surface area contributed by atoms with E-state index in [4.69, 9.17) is 0 Å². The van der Waals surface area contributed by atoms with E-state index in [1.54, 1.807) is 0 Å². The van der Waals surface area contributed by atoms with Crippen LogP contribution in [0.25, 0.3) is 0 Å². The number of sulfone groups is 1. The van der Waals surface area contributed by atoms with Crippen molar-refractivity contribution >= 4 is 9.84 Å². The van der Waals surface area contributed by atoms with Crippen molar-refractivity contribution in [2.45, 2.75) is 29.5 Å². The van der Waals surface area contributed by atoms with Crippen LogP contribution >= 0.6 is 0 Å². The third-order valence-corrected chi connectivity index (χ3v) is 4.62. The molecule has 0 amide bonds. The molecule has 0 fully saturated rings. The molecular weight excluding hydrogens is 345 g/mol. The maximum absolute atomic E-state index is 14.0. The van der Waals surface area contributed by atoms with Crippen LogP contribution in [0.3, 0.4) is 0 Å². The van der Waals surface area contributed by atoms with Gasteiger partial charge in [0.25, 0.3) is 15.0 Å². The Morgan fingerprint density at radius 2 is 1.83 bits per heavy atom. The number of hydrogen-bond acceptors (Lipinski definition) is 4. The van der Waals surface area contributed by atoms with Gasteiger partial charge in [0.2, 0.25) is 0 Å². The van der Waals surface area contributed by atoms with Gasteiger partial charge in [0, 0.05) is 12.0 Å². The van der Waals surface area contributed by atoms with Gasteiger partial charge in [0.15, 0.2) is 12.0 Å². The molecule has 2 aromatic rings. The number of aromatic nitrogens is 3.